The lowest BCUT2D eigenvalue weighted by molar-refractivity contribution is 0.141. The Morgan fingerprint density at radius 3 is 2.67 bits per heavy atom. The molecule has 0 bridgehead atoms. The summed E-state index contributed by atoms with van der Waals surface area (Å²) >= 11 is 0. The van der Waals surface area contributed by atoms with E-state index in [2.05, 4.69) is 27.4 Å². The third kappa shape index (κ3) is 2.31. The summed E-state index contributed by atoms with van der Waals surface area (Å²) in [5.74, 6) is 0.763. The van der Waals surface area contributed by atoms with Gasteiger partial charge in [0.2, 0.25) is 0 Å². The topological polar surface area (TPSA) is 56.7 Å². The van der Waals surface area contributed by atoms with Crippen molar-refractivity contribution in [3.05, 3.63) is 53.0 Å². The summed E-state index contributed by atoms with van der Waals surface area (Å²) in [7, 11) is 1.47. The molecule has 1 aliphatic rings. The van der Waals surface area contributed by atoms with Crippen LogP contribution in [-0.2, 0) is 12.5 Å². The van der Waals surface area contributed by atoms with Crippen molar-refractivity contribution in [3.8, 4) is 11.6 Å². The molecule has 0 spiro atoms. The van der Waals surface area contributed by atoms with Crippen LogP contribution in [0.25, 0.3) is 11.6 Å². The summed E-state index contributed by atoms with van der Waals surface area (Å²) in [5.41, 5.74) is 2.20. The van der Waals surface area contributed by atoms with Gasteiger partial charge in [0.25, 0.3) is 12.3 Å². The van der Waals surface area contributed by atoms with Gasteiger partial charge in [0.15, 0.2) is 11.5 Å². The molecule has 1 saturated carbocycles. The summed E-state index contributed by atoms with van der Waals surface area (Å²) in [6, 6.07) is 9.53. The van der Waals surface area contributed by atoms with E-state index in [0.29, 0.717) is 5.82 Å². The first-order valence-electron chi connectivity index (χ1n) is 7.73. The molecule has 0 radical (unpaired) electrons. The molecule has 0 amide bonds. The molecule has 0 unspecified atom stereocenters. The van der Waals surface area contributed by atoms with Crippen molar-refractivity contribution < 1.29 is 13.3 Å². The SMILES string of the molecule is Cc1cccc(C2(c3noc(-c4cc(C(F)F)n(C)n4)n3)CC2)c1. The highest BCUT2D eigenvalue weighted by Crippen LogP contribution is 2.52. The third-order valence-corrected chi connectivity index (χ3v) is 4.53. The Morgan fingerprint density at radius 2 is 2.04 bits per heavy atom. The van der Waals surface area contributed by atoms with Gasteiger partial charge in [-0.05, 0) is 31.4 Å². The van der Waals surface area contributed by atoms with E-state index in [-0.39, 0.29) is 22.7 Å². The Labute approximate surface area is 137 Å². The molecule has 5 nitrogen and oxygen atoms in total. The first-order valence-corrected chi connectivity index (χ1v) is 7.73. The zero-order valence-electron chi connectivity index (χ0n) is 13.3. The normalized spacial score (nSPS) is 15.9. The van der Waals surface area contributed by atoms with E-state index in [0.717, 1.165) is 23.1 Å². The summed E-state index contributed by atoms with van der Waals surface area (Å²) in [4.78, 5) is 4.44. The molecule has 2 aromatic heterocycles. The lowest BCUT2D eigenvalue weighted by atomic mass is 9.94. The van der Waals surface area contributed by atoms with Crippen LogP contribution in [0, 0.1) is 6.92 Å². The van der Waals surface area contributed by atoms with Crippen LogP contribution < -0.4 is 0 Å². The Bertz CT molecular complexity index is 896. The number of aromatic nitrogens is 4. The van der Waals surface area contributed by atoms with Gasteiger partial charge in [-0.3, -0.25) is 4.68 Å². The number of benzene rings is 1. The second kappa shape index (κ2) is 5.22. The number of nitrogens with zero attached hydrogens (tertiary/aromatic N) is 4. The minimum absolute atomic E-state index is 0.173. The number of alkyl halides is 2. The fourth-order valence-corrected chi connectivity index (χ4v) is 3.02. The van der Waals surface area contributed by atoms with Gasteiger partial charge in [0, 0.05) is 7.05 Å². The maximum atomic E-state index is 12.9. The predicted molar refractivity (Wildman–Crippen MR) is 82.7 cm³/mol. The monoisotopic (exact) mass is 330 g/mol. The van der Waals surface area contributed by atoms with E-state index in [9.17, 15) is 8.78 Å². The highest BCUT2D eigenvalue weighted by atomic mass is 19.3. The molecule has 0 N–H and O–H groups in total. The Hall–Kier alpha value is -2.57. The minimum Gasteiger partial charge on any atom is -0.332 e. The number of aryl methyl sites for hydroxylation is 2. The van der Waals surface area contributed by atoms with Crippen LogP contribution in [0.5, 0.6) is 0 Å². The molecule has 7 heteroatoms. The first kappa shape index (κ1) is 15.0. The Balaban J connectivity index is 1.69. The van der Waals surface area contributed by atoms with Crippen LogP contribution in [-0.4, -0.2) is 19.9 Å². The van der Waals surface area contributed by atoms with E-state index in [1.807, 2.05) is 19.1 Å². The molecule has 1 aliphatic carbocycles. The molecule has 24 heavy (non-hydrogen) atoms. The van der Waals surface area contributed by atoms with Crippen LogP contribution >= 0.6 is 0 Å². The number of rotatable bonds is 4. The summed E-state index contributed by atoms with van der Waals surface area (Å²) < 4.78 is 32.2. The van der Waals surface area contributed by atoms with Crippen molar-refractivity contribution in [1.82, 2.24) is 19.9 Å². The molecule has 1 fully saturated rings. The van der Waals surface area contributed by atoms with E-state index >= 15 is 0 Å². The van der Waals surface area contributed by atoms with Crippen molar-refractivity contribution in [2.45, 2.75) is 31.6 Å². The Morgan fingerprint density at radius 1 is 1.25 bits per heavy atom. The molecule has 0 aliphatic heterocycles. The van der Waals surface area contributed by atoms with Crippen LogP contribution in [0.1, 0.15) is 41.9 Å². The molecule has 3 aromatic rings. The summed E-state index contributed by atoms with van der Waals surface area (Å²) in [6.45, 7) is 2.04. The maximum absolute atomic E-state index is 12.9. The van der Waals surface area contributed by atoms with Gasteiger partial charge >= 0.3 is 0 Å². The molecule has 0 saturated heterocycles. The summed E-state index contributed by atoms with van der Waals surface area (Å²) in [5, 5.41) is 8.14. The fourth-order valence-electron chi connectivity index (χ4n) is 3.02. The Kier molecular flexibility index (Phi) is 3.26. The average Bonchev–Trinajstić information content (AvgIpc) is 3.02. The van der Waals surface area contributed by atoms with E-state index in [1.54, 1.807) is 0 Å². The molecule has 1 aromatic carbocycles. The minimum atomic E-state index is -2.60. The standard InChI is InChI=1S/C17H16F2N4O/c1-10-4-3-5-11(8-10)17(6-7-17)16-20-15(24-22-16)12-9-13(14(18)19)23(2)21-12/h3-5,8-9,14H,6-7H2,1-2H3. The smallest absolute Gasteiger partial charge is 0.280 e. The second-order valence-electron chi connectivity index (χ2n) is 6.25. The van der Waals surface area contributed by atoms with Crippen molar-refractivity contribution in [1.29, 1.82) is 0 Å². The van der Waals surface area contributed by atoms with Crippen LogP contribution in [0.4, 0.5) is 8.78 Å². The number of halogens is 2. The maximum Gasteiger partial charge on any atom is 0.280 e. The zero-order chi connectivity index (χ0) is 16.9. The van der Waals surface area contributed by atoms with Crippen molar-refractivity contribution in [2.24, 2.45) is 7.05 Å². The van der Waals surface area contributed by atoms with Gasteiger partial charge in [-0.15, -0.1) is 0 Å². The average molecular weight is 330 g/mol. The first-order chi connectivity index (χ1) is 11.5. The van der Waals surface area contributed by atoms with E-state index in [4.69, 9.17) is 4.52 Å². The lowest BCUT2D eigenvalue weighted by Crippen LogP contribution is -2.11. The largest absolute Gasteiger partial charge is 0.332 e. The second-order valence-corrected chi connectivity index (χ2v) is 6.25. The quantitative estimate of drug-likeness (QED) is 0.730. The van der Waals surface area contributed by atoms with Crippen molar-refractivity contribution in [2.75, 3.05) is 0 Å². The van der Waals surface area contributed by atoms with Gasteiger partial charge < -0.3 is 4.52 Å². The highest BCUT2D eigenvalue weighted by molar-refractivity contribution is 5.49. The number of hydrogen-bond acceptors (Lipinski definition) is 4. The fraction of sp³-hybridized carbons (Fsp3) is 0.353. The molecule has 124 valence electrons. The summed E-state index contributed by atoms with van der Waals surface area (Å²) in [6.07, 6.45) is -0.708. The third-order valence-electron chi connectivity index (χ3n) is 4.53. The van der Waals surface area contributed by atoms with E-state index in [1.165, 1.54) is 18.7 Å². The van der Waals surface area contributed by atoms with E-state index < -0.39 is 6.43 Å². The van der Waals surface area contributed by atoms with Crippen molar-refractivity contribution in [3.63, 3.8) is 0 Å². The van der Waals surface area contributed by atoms with Gasteiger partial charge in [0.1, 0.15) is 5.69 Å². The van der Waals surface area contributed by atoms with Crippen LogP contribution in [0.15, 0.2) is 34.9 Å². The highest BCUT2D eigenvalue weighted by Gasteiger charge is 2.50. The molecule has 4 rings (SSSR count). The molecule has 2 heterocycles. The molecular formula is C17H16F2N4O. The van der Waals surface area contributed by atoms with Gasteiger partial charge in [0.05, 0.1) is 5.41 Å². The van der Waals surface area contributed by atoms with Crippen LogP contribution in [0.2, 0.25) is 0 Å². The van der Waals surface area contributed by atoms with Gasteiger partial charge in [-0.2, -0.15) is 10.1 Å². The predicted octanol–water partition coefficient (Wildman–Crippen LogP) is 3.80. The van der Waals surface area contributed by atoms with Gasteiger partial charge in [-0.1, -0.05) is 35.0 Å². The van der Waals surface area contributed by atoms with Crippen molar-refractivity contribution >= 4 is 0 Å². The van der Waals surface area contributed by atoms with Gasteiger partial charge in [-0.25, -0.2) is 8.78 Å². The molecule has 0 atom stereocenters. The lowest BCUT2D eigenvalue weighted by Gasteiger charge is -2.11. The van der Waals surface area contributed by atoms with Crippen LogP contribution in [0.3, 0.4) is 0 Å². The zero-order valence-corrected chi connectivity index (χ0v) is 13.3. The number of hydrogen-bond donors (Lipinski definition) is 0. The molecular weight excluding hydrogens is 314 g/mol.